The third-order valence-corrected chi connectivity index (χ3v) is 3.26. The zero-order valence-corrected chi connectivity index (χ0v) is 9.69. The molecule has 0 saturated carbocycles. The van der Waals surface area contributed by atoms with Crippen LogP contribution in [-0.2, 0) is 9.59 Å². The highest BCUT2D eigenvalue weighted by Crippen LogP contribution is 2.15. The molecule has 0 bridgehead atoms. The molecule has 0 spiro atoms. The quantitative estimate of drug-likeness (QED) is 0.718. The van der Waals surface area contributed by atoms with Crippen molar-refractivity contribution in [2.24, 2.45) is 0 Å². The minimum absolute atomic E-state index is 0.100. The van der Waals surface area contributed by atoms with Gasteiger partial charge in [0.1, 0.15) is 0 Å². The molecule has 2 fully saturated rings. The summed E-state index contributed by atoms with van der Waals surface area (Å²) < 4.78 is 0. The van der Waals surface area contributed by atoms with Crippen LogP contribution in [0.3, 0.4) is 0 Å². The van der Waals surface area contributed by atoms with Crippen LogP contribution in [0, 0.1) is 0 Å². The van der Waals surface area contributed by atoms with Gasteiger partial charge < -0.3 is 9.80 Å². The van der Waals surface area contributed by atoms with Gasteiger partial charge in [-0.3, -0.25) is 9.59 Å². The van der Waals surface area contributed by atoms with Crippen molar-refractivity contribution in [3.63, 3.8) is 0 Å². The van der Waals surface area contributed by atoms with Gasteiger partial charge >= 0.3 is 0 Å². The summed E-state index contributed by atoms with van der Waals surface area (Å²) in [7, 11) is 0. The molecule has 0 aromatic rings. The second-order valence-corrected chi connectivity index (χ2v) is 4.46. The van der Waals surface area contributed by atoms with Gasteiger partial charge in [0.15, 0.2) is 0 Å². The Hall–Kier alpha value is -1.32. The predicted molar refractivity (Wildman–Crippen MR) is 60.5 cm³/mol. The molecule has 2 aliphatic rings. The van der Waals surface area contributed by atoms with Crippen molar-refractivity contribution < 1.29 is 9.59 Å². The molecule has 16 heavy (non-hydrogen) atoms. The third kappa shape index (κ3) is 2.26. The zero-order chi connectivity index (χ0) is 11.5. The van der Waals surface area contributed by atoms with E-state index in [1.54, 1.807) is 4.90 Å². The molecule has 1 atom stereocenters. The van der Waals surface area contributed by atoms with Gasteiger partial charge in [-0.05, 0) is 25.8 Å². The Morgan fingerprint density at radius 2 is 1.81 bits per heavy atom. The van der Waals surface area contributed by atoms with Crippen LogP contribution in [0.4, 0.5) is 0 Å². The van der Waals surface area contributed by atoms with Crippen molar-refractivity contribution in [3.05, 3.63) is 12.3 Å². The molecule has 0 aromatic carbocycles. The monoisotopic (exact) mass is 222 g/mol. The topological polar surface area (TPSA) is 40.6 Å². The van der Waals surface area contributed by atoms with Crippen molar-refractivity contribution in [1.82, 2.24) is 9.80 Å². The number of likely N-dealkylation sites (tertiary alicyclic amines) is 2. The standard InChI is InChI=1S/C12H18N2O2/c1-10(14-8-3-5-12(14)16)6-9-13-7-2-4-11(13)15/h6,9-10H,2-5,7-8H2,1H3. The van der Waals surface area contributed by atoms with Crippen LogP contribution in [0.1, 0.15) is 32.6 Å². The zero-order valence-electron chi connectivity index (χ0n) is 9.69. The van der Waals surface area contributed by atoms with E-state index >= 15 is 0 Å². The third-order valence-electron chi connectivity index (χ3n) is 3.26. The molecule has 2 rings (SSSR count). The van der Waals surface area contributed by atoms with E-state index < -0.39 is 0 Å². The van der Waals surface area contributed by atoms with E-state index in [1.807, 2.05) is 24.1 Å². The summed E-state index contributed by atoms with van der Waals surface area (Å²) in [5.41, 5.74) is 0. The number of hydrogen-bond donors (Lipinski definition) is 0. The van der Waals surface area contributed by atoms with Gasteiger partial charge in [0.25, 0.3) is 0 Å². The highest BCUT2D eigenvalue weighted by Gasteiger charge is 2.24. The summed E-state index contributed by atoms with van der Waals surface area (Å²) in [4.78, 5) is 26.5. The molecule has 2 aliphatic heterocycles. The Balaban J connectivity index is 1.90. The molecule has 2 saturated heterocycles. The molecule has 0 radical (unpaired) electrons. The molecule has 88 valence electrons. The minimum atomic E-state index is 0.100. The SMILES string of the molecule is CC(C=CN1CCCC1=O)N1CCCC1=O. The first-order chi connectivity index (χ1) is 7.68. The lowest BCUT2D eigenvalue weighted by molar-refractivity contribution is -0.128. The maximum absolute atomic E-state index is 11.5. The summed E-state index contributed by atoms with van der Waals surface area (Å²) in [6, 6.07) is 0.100. The van der Waals surface area contributed by atoms with Crippen molar-refractivity contribution in [2.45, 2.75) is 38.6 Å². The largest absolute Gasteiger partial charge is 0.336 e. The molecule has 1 unspecified atom stereocenters. The minimum Gasteiger partial charge on any atom is -0.336 e. The van der Waals surface area contributed by atoms with Crippen LogP contribution in [-0.4, -0.2) is 40.7 Å². The lowest BCUT2D eigenvalue weighted by atomic mass is 10.3. The normalized spacial score (nSPS) is 23.8. The van der Waals surface area contributed by atoms with E-state index in [1.165, 1.54) is 0 Å². The molecule has 4 nitrogen and oxygen atoms in total. The van der Waals surface area contributed by atoms with E-state index in [4.69, 9.17) is 0 Å². The lowest BCUT2D eigenvalue weighted by Gasteiger charge is -2.21. The molecular weight excluding hydrogens is 204 g/mol. The van der Waals surface area contributed by atoms with Crippen LogP contribution in [0.25, 0.3) is 0 Å². The second-order valence-electron chi connectivity index (χ2n) is 4.46. The highest BCUT2D eigenvalue weighted by molar-refractivity contribution is 5.79. The van der Waals surface area contributed by atoms with Gasteiger partial charge in [-0.2, -0.15) is 0 Å². The van der Waals surface area contributed by atoms with Crippen molar-refractivity contribution in [1.29, 1.82) is 0 Å². The summed E-state index contributed by atoms with van der Waals surface area (Å²) in [5.74, 6) is 0.418. The molecule has 0 aliphatic carbocycles. The second kappa shape index (κ2) is 4.68. The maximum Gasteiger partial charge on any atom is 0.226 e. The molecule has 2 heterocycles. The van der Waals surface area contributed by atoms with Crippen LogP contribution in [0.2, 0.25) is 0 Å². The highest BCUT2D eigenvalue weighted by atomic mass is 16.2. The number of carbonyl (C=O) groups is 2. The van der Waals surface area contributed by atoms with Gasteiger partial charge in [0.2, 0.25) is 11.8 Å². The summed E-state index contributed by atoms with van der Waals surface area (Å²) in [5, 5.41) is 0. The summed E-state index contributed by atoms with van der Waals surface area (Å²) in [6.45, 7) is 3.66. The van der Waals surface area contributed by atoms with Gasteiger partial charge in [0, 0.05) is 38.2 Å². The maximum atomic E-state index is 11.5. The number of rotatable bonds is 3. The molecule has 0 aromatic heterocycles. The van der Waals surface area contributed by atoms with E-state index in [2.05, 4.69) is 0 Å². The van der Waals surface area contributed by atoms with Crippen LogP contribution < -0.4 is 0 Å². The van der Waals surface area contributed by atoms with Gasteiger partial charge in [-0.15, -0.1) is 0 Å². The Labute approximate surface area is 95.9 Å². The molecule has 4 heteroatoms. The first-order valence-corrected chi connectivity index (χ1v) is 5.96. The van der Waals surface area contributed by atoms with Gasteiger partial charge in [-0.1, -0.05) is 0 Å². The summed E-state index contributed by atoms with van der Waals surface area (Å²) >= 11 is 0. The smallest absolute Gasteiger partial charge is 0.226 e. The Morgan fingerprint density at radius 1 is 1.12 bits per heavy atom. The fraction of sp³-hybridized carbons (Fsp3) is 0.667. The number of hydrogen-bond acceptors (Lipinski definition) is 2. The average molecular weight is 222 g/mol. The molecule has 0 N–H and O–H groups in total. The van der Waals surface area contributed by atoms with E-state index in [-0.39, 0.29) is 17.9 Å². The van der Waals surface area contributed by atoms with Gasteiger partial charge in [-0.25, -0.2) is 0 Å². The van der Waals surface area contributed by atoms with E-state index in [0.717, 1.165) is 25.9 Å². The summed E-state index contributed by atoms with van der Waals surface area (Å²) in [6.07, 6.45) is 7.01. The van der Waals surface area contributed by atoms with Crippen LogP contribution in [0.5, 0.6) is 0 Å². The molecular formula is C12H18N2O2. The van der Waals surface area contributed by atoms with Crippen LogP contribution in [0.15, 0.2) is 12.3 Å². The fourth-order valence-electron chi connectivity index (χ4n) is 2.26. The fourth-order valence-corrected chi connectivity index (χ4v) is 2.26. The Kier molecular flexibility index (Phi) is 3.27. The molecule has 2 amide bonds. The van der Waals surface area contributed by atoms with Crippen molar-refractivity contribution in [3.8, 4) is 0 Å². The average Bonchev–Trinajstić information content (AvgIpc) is 2.84. The predicted octanol–water partition coefficient (Wildman–Crippen LogP) is 1.13. The Bertz CT molecular complexity index is 325. The lowest BCUT2D eigenvalue weighted by Crippen LogP contribution is -2.33. The van der Waals surface area contributed by atoms with Crippen LogP contribution >= 0.6 is 0 Å². The first-order valence-electron chi connectivity index (χ1n) is 5.96. The van der Waals surface area contributed by atoms with E-state index in [0.29, 0.717) is 12.8 Å². The number of amides is 2. The first kappa shape index (κ1) is 11.2. The van der Waals surface area contributed by atoms with E-state index in [9.17, 15) is 9.59 Å². The van der Waals surface area contributed by atoms with Crippen molar-refractivity contribution in [2.75, 3.05) is 13.1 Å². The Morgan fingerprint density at radius 3 is 2.38 bits per heavy atom. The van der Waals surface area contributed by atoms with Gasteiger partial charge in [0.05, 0.1) is 0 Å². The number of carbonyl (C=O) groups excluding carboxylic acids is 2. The number of nitrogens with zero attached hydrogens (tertiary/aromatic N) is 2. The van der Waals surface area contributed by atoms with Crippen molar-refractivity contribution >= 4 is 11.8 Å².